The van der Waals surface area contributed by atoms with Crippen LogP contribution in [0.3, 0.4) is 0 Å². The van der Waals surface area contributed by atoms with Gasteiger partial charge in [-0.25, -0.2) is 4.39 Å². The monoisotopic (exact) mass is 374 g/mol. The average molecular weight is 375 g/mol. The van der Waals surface area contributed by atoms with Gasteiger partial charge in [0.25, 0.3) is 0 Å². The smallest absolute Gasteiger partial charge is 0.220 e. The van der Waals surface area contributed by atoms with Crippen molar-refractivity contribution in [2.24, 2.45) is 23.7 Å². The number of hydrogen-bond acceptors (Lipinski definition) is 2. The van der Waals surface area contributed by atoms with Crippen molar-refractivity contribution < 1.29 is 14.0 Å². The van der Waals surface area contributed by atoms with Crippen molar-refractivity contribution in [2.45, 2.75) is 47.1 Å². The quantitative estimate of drug-likeness (QED) is 0.713. The molecule has 1 aromatic carbocycles. The molecule has 1 aliphatic rings. The number of hydrogen-bond donors (Lipinski definition) is 2. The second-order valence-corrected chi connectivity index (χ2v) is 7.96. The van der Waals surface area contributed by atoms with Crippen molar-refractivity contribution in [1.82, 2.24) is 10.6 Å². The van der Waals surface area contributed by atoms with Crippen LogP contribution in [-0.4, -0.2) is 18.4 Å². The van der Waals surface area contributed by atoms with Gasteiger partial charge in [-0.1, -0.05) is 37.6 Å². The summed E-state index contributed by atoms with van der Waals surface area (Å²) in [5.74, 6) is 1.19. The summed E-state index contributed by atoms with van der Waals surface area (Å²) in [4.78, 5) is 23.7. The minimum absolute atomic E-state index is 0.00847. The number of amides is 2. The van der Waals surface area contributed by atoms with Crippen LogP contribution in [0, 0.1) is 29.5 Å². The summed E-state index contributed by atoms with van der Waals surface area (Å²) in [7, 11) is 0. The van der Waals surface area contributed by atoms with Crippen LogP contribution in [0.25, 0.3) is 0 Å². The molecular weight excluding hydrogens is 343 g/mol. The largest absolute Gasteiger partial charge is 0.356 e. The van der Waals surface area contributed by atoms with E-state index in [1.54, 1.807) is 12.1 Å². The molecule has 148 valence electrons. The van der Waals surface area contributed by atoms with E-state index in [4.69, 9.17) is 0 Å². The molecule has 0 saturated heterocycles. The molecule has 0 radical (unpaired) electrons. The molecule has 0 aromatic heterocycles. The number of carbonyl (C=O) groups excluding carboxylic acids is 2. The Hall–Kier alpha value is -2.17. The fraction of sp³-hybridized carbons (Fsp3) is 0.545. The van der Waals surface area contributed by atoms with Crippen molar-refractivity contribution in [1.29, 1.82) is 0 Å². The third-order valence-electron chi connectivity index (χ3n) is 5.51. The fourth-order valence-corrected chi connectivity index (χ4v) is 3.87. The normalized spacial score (nSPS) is 22.3. The Balaban J connectivity index is 1.94. The van der Waals surface area contributed by atoms with Crippen LogP contribution in [0.1, 0.15) is 46.1 Å². The van der Waals surface area contributed by atoms with Gasteiger partial charge in [0.15, 0.2) is 0 Å². The van der Waals surface area contributed by atoms with Crippen molar-refractivity contribution in [3.05, 3.63) is 47.3 Å². The summed E-state index contributed by atoms with van der Waals surface area (Å²) < 4.78 is 13.0. The van der Waals surface area contributed by atoms with Crippen LogP contribution >= 0.6 is 0 Å². The highest BCUT2D eigenvalue weighted by Gasteiger charge is 2.32. The summed E-state index contributed by atoms with van der Waals surface area (Å²) in [6.45, 7) is 9.08. The van der Waals surface area contributed by atoms with Crippen LogP contribution < -0.4 is 10.6 Å². The maximum Gasteiger partial charge on any atom is 0.220 e. The maximum atomic E-state index is 13.0. The second kappa shape index (κ2) is 9.67. The van der Waals surface area contributed by atoms with Gasteiger partial charge in [0.05, 0.1) is 0 Å². The van der Waals surface area contributed by atoms with Gasteiger partial charge in [0, 0.05) is 26.4 Å². The Morgan fingerprint density at radius 3 is 2.44 bits per heavy atom. The Kier molecular flexibility index (Phi) is 7.57. The van der Waals surface area contributed by atoms with Crippen LogP contribution in [0.4, 0.5) is 4.39 Å². The van der Waals surface area contributed by atoms with E-state index < -0.39 is 0 Å². The van der Waals surface area contributed by atoms with Crippen LogP contribution in [0.2, 0.25) is 0 Å². The predicted octanol–water partition coefficient (Wildman–Crippen LogP) is 3.82. The average Bonchev–Trinajstić information content (AvgIpc) is 2.61. The third-order valence-corrected chi connectivity index (χ3v) is 5.51. The number of allylic oxidation sites excluding steroid dienone is 1. The molecule has 5 heteroatoms. The number of benzene rings is 1. The zero-order chi connectivity index (χ0) is 20.0. The molecule has 3 atom stereocenters. The van der Waals surface area contributed by atoms with Gasteiger partial charge in [0.2, 0.25) is 11.8 Å². The van der Waals surface area contributed by atoms with Gasteiger partial charge >= 0.3 is 0 Å². The van der Waals surface area contributed by atoms with Crippen molar-refractivity contribution in [3.63, 3.8) is 0 Å². The van der Waals surface area contributed by atoms with Crippen LogP contribution in [0.15, 0.2) is 35.9 Å². The predicted molar refractivity (Wildman–Crippen MR) is 105 cm³/mol. The molecule has 0 fully saturated rings. The molecule has 27 heavy (non-hydrogen) atoms. The molecule has 2 amide bonds. The van der Waals surface area contributed by atoms with E-state index in [2.05, 4.69) is 37.5 Å². The first-order valence-electron chi connectivity index (χ1n) is 9.70. The molecule has 0 heterocycles. The highest BCUT2D eigenvalue weighted by atomic mass is 19.1. The molecular formula is C22H31FN2O2. The first-order chi connectivity index (χ1) is 12.8. The van der Waals surface area contributed by atoms with E-state index in [9.17, 15) is 14.0 Å². The van der Waals surface area contributed by atoms with E-state index in [0.29, 0.717) is 37.3 Å². The lowest BCUT2D eigenvalue weighted by Crippen LogP contribution is -2.37. The number of carbonyl (C=O) groups is 2. The van der Waals surface area contributed by atoms with E-state index >= 15 is 0 Å². The molecule has 0 aliphatic heterocycles. The Morgan fingerprint density at radius 2 is 1.85 bits per heavy atom. The third kappa shape index (κ3) is 6.49. The van der Waals surface area contributed by atoms with Gasteiger partial charge in [-0.05, 0) is 54.7 Å². The van der Waals surface area contributed by atoms with Crippen molar-refractivity contribution in [2.75, 3.05) is 6.54 Å². The highest BCUT2D eigenvalue weighted by molar-refractivity contribution is 5.76. The molecule has 4 nitrogen and oxygen atoms in total. The summed E-state index contributed by atoms with van der Waals surface area (Å²) in [5, 5.41) is 5.87. The van der Waals surface area contributed by atoms with Crippen LogP contribution in [-0.2, 0) is 16.1 Å². The lowest BCUT2D eigenvalue weighted by atomic mass is 9.69. The SMILES string of the molecule is CC(=O)NC[C@@H]1C=C(C)[C@H](CC(=O)NCc2ccc(F)cc2)C[C@H]1C(C)C. The van der Waals surface area contributed by atoms with Gasteiger partial charge in [-0.3, -0.25) is 9.59 Å². The standard InChI is InChI=1S/C22H31FN2O2/c1-14(2)21-10-18(15(3)9-19(21)13-24-16(4)26)11-22(27)25-12-17-5-7-20(23)8-6-17/h5-9,14,18-19,21H,10-13H2,1-4H3,(H,24,26)(H,25,27)/t18-,19-,21-/m0/s1. The Labute approximate surface area is 161 Å². The number of halogens is 1. The lowest BCUT2D eigenvalue weighted by Gasteiger charge is -2.37. The molecule has 0 unspecified atom stereocenters. The summed E-state index contributed by atoms with van der Waals surface area (Å²) in [6, 6.07) is 6.17. The zero-order valence-electron chi connectivity index (χ0n) is 16.7. The topological polar surface area (TPSA) is 58.2 Å². The molecule has 0 saturated carbocycles. The maximum absolute atomic E-state index is 13.0. The van der Waals surface area contributed by atoms with Crippen molar-refractivity contribution >= 4 is 11.8 Å². The molecule has 0 bridgehead atoms. The summed E-state index contributed by atoms with van der Waals surface area (Å²) in [6.07, 6.45) is 3.65. The zero-order valence-corrected chi connectivity index (χ0v) is 16.7. The van der Waals surface area contributed by atoms with E-state index in [0.717, 1.165) is 12.0 Å². The molecule has 2 N–H and O–H groups in total. The Bertz CT molecular complexity index is 682. The van der Waals surface area contributed by atoms with Gasteiger partial charge < -0.3 is 10.6 Å². The molecule has 1 aromatic rings. The van der Waals surface area contributed by atoms with Crippen molar-refractivity contribution in [3.8, 4) is 0 Å². The molecule has 0 spiro atoms. The number of rotatable bonds is 7. The van der Waals surface area contributed by atoms with E-state index in [1.165, 1.54) is 24.6 Å². The summed E-state index contributed by atoms with van der Waals surface area (Å²) >= 11 is 0. The molecule has 2 rings (SSSR count). The van der Waals surface area contributed by atoms with Gasteiger partial charge in [-0.15, -0.1) is 0 Å². The molecule has 1 aliphatic carbocycles. The van der Waals surface area contributed by atoms with E-state index in [1.807, 2.05) is 0 Å². The van der Waals surface area contributed by atoms with Crippen LogP contribution in [0.5, 0.6) is 0 Å². The number of nitrogens with one attached hydrogen (secondary N) is 2. The fourth-order valence-electron chi connectivity index (χ4n) is 3.87. The second-order valence-electron chi connectivity index (χ2n) is 7.96. The Morgan fingerprint density at radius 1 is 1.19 bits per heavy atom. The van der Waals surface area contributed by atoms with Gasteiger partial charge in [0.1, 0.15) is 5.82 Å². The minimum atomic E-state index is -0.276. The highest BCUT2D eigenvalue weighted by Crippen LogP contribution is 2.38. The van der Waals surface area contributed by atoms with E-state index in [-0.39, 0.29) is 23.5 Å². The first kappa shape index (κ1) is 21.1. The lowest BCUT2D eigenvalue weighted by molar-refractivity contribution is -0.122. The summed E-state index contributed by atoms with van der Waals surface area (Å²) in [5.41, 5.74) is 2.11. The van der Waals surface area contributed by atoms with Gasteiger partial charge in [-0.2, -0.15) is 0 Å². The minimum Gasteiger partial charge on any atom is -0.356 e. The first-order valence-corrected chi connectivity index (χ1v) is 9.70.